The molecule has 0 aromatic rings. The summed E-state index contributed by atoms with van der Waals surface area (Å²) in [4.78, 5) is 30.5. The molecule has 4 unspecified atom stereocenters. The normalized spacial score (nSPS) is 24.4. The van der Waals surface area contributed by atoms with Crippen molar-refractivity contribution in [2.75, 3.05) is 0 Å². The SMILES string of the molecule is CC[Si](C)(O)C(C)[Si](C)(O)C(C)[Si](C)O. The molecular weight excluding hydrogens is 240 g/mol. The van der Waals surface area contributed by atoms with Crippen molar-refractivity contribution >= 4 is 25.7 Å². The van der Waals surface area contributed by atoms with Gasteiger partial charge >= 0.3 is 0 Å². The Morgan fingerprint density at radius 1 is 1.20 bits per heavy atom. The molecule has 3 N–H and O–H groups in total. The second-order valence-electron chi connectivity index (χ2n) is 5.02. The van der Waals surface area contributed by atoms with Crippen LogP contribution in [0.3, 0.4) is 0 Å². The van der Waals surface area contributed by atoms with E-state index >= 15 is 0 Å². The van der Waals surface area contributed by atoms with E-state index in [-0.39, 0.29) is 10.3 Å². The lowest BCUT2D eigenvalue weighted by molar-refractivity contribution is 0.484. The van der Waals surface area contributed by atoms with Crippen LogP contribution in [-0.2, 0) is 0 Å². The van der Waals surface area contributed by atoms with Gasteiger partial charge in [-0.3, -0.25) is 0 Å². The highest BCUT2D eigenvalue weighted by Crippen LogP contribution is 2.38. The highest BCUT2D eigenvalue weighted by molar-refractivity contribution is 6.96. The molecule has 0 aliphatic heterocycles. The summed E-state index contributed by atoms with van der Waals surface area (Å²) in [7, 11) is -6.29. The van der Waals surface area contributed by atoms with Crippen LogP contribution in [0.5, 0.6) is 0 Å². The highest BCUT2D eigenvalue weighted by Gasteiger charge is 2.49. The lowest BCUT2D eigenvalue weighted by Crippen LogP contribution is -2.54. The summed E-state index contributed by atoms with van der Waals surface area (Å²) in [6.45, 7) is 11.5. The van der Waals surface area contributed by atoms with Crippen LogP contribution in [0.4, 0.5) is 0 Å². The molecule has 0 fully saturated rings. The van der Waals surface area contributed by atoms with Crippen LogP contribution in [0.2, 0.25) is 36.0 Å². The first kappa shape index (κ1) is 15.5. The molecule has 0 amide bonds. The predicted octanol–water partition coefficient (Wildman–Crippen LogP) is 1.61. The molecule has 0 aromatic heterocycles. The average Bonchev–Trinajstić information content (AvgIpc) is 2.15. The van der Waals surface area contributed by atoms with E-state index in [2.05, 4.69) is 0 Å². The van der Waals surface area contributed by atoms with Crippen molar-refractivity contribution < 1.29 is 14.4 Å². The lowest BCUT2D eigenvalue weighted by Gasteiger charge is -2.40. The minimum atomic E-state index is -2.52. The maximum atomic E-state index is 10.6. The maximum absolute atomic E-state index is 10.6. The molecule has 0 spiro atoms. The summed E-state index contributed by atoms with van der Waals surface area (Å²) in [5.74, 6) is 0. The van der Waals surface area contributed by atoms with Gasteiger partial charge in [0.25, 0.3) is 0 Å². The van der Waals surface area contributed by atoms with Gasteiger partial charge in [-0.25, -0.2) is 0 Å². The monoisotopic (exact) mass is 265 g/mol. The quantitative estimate of drug-likeness (QED) is 0.662. The minimum Gasteiger partial charge on any atom is -0.432 e. The van der Waals surface area contributed by atoms with Gasteiger partial charge in [-0.2, -0.15) is 0 Å². The fourth-order valence-corrected chi connectivity index (χ4v) is 14.1. The van der Waals surface area contributed by atoms with Crippen LogP contribution in [0.25, 0.3) is 0 Å². The minimum absolute atomic E-state index is 0.00280. The zero-order chi connectivity index (χ0) is 12.4. The van der Waals surface area contributed by atoms with Crippen LogP contribution in [0.15, 0.2) is 0 Å². The Bertz CT molecular complexity index is 207. The van der Waals surface area contributed by atoms with Gasteiger partial charge in [-0.15, -0.1) is 0 Å². The van der Waals surface area contributed by atoms with Crippen LogP contribution < -0.4 is 0 Å². The molecule has 0 saturated heterocycles. The van der Waals surface area contributed by atoms with Crippen LogP contribution >= 0.6 is 0 Å². The molecule has 1 radical (unpaired) electrons. The van der Waals surface area contributed by atoms with Gasteiger partial charge in [-0.05, 0) is 36.0 Å². The first-order chi connectivity index (χ1) is 6.57. The molecule has 0 saturated carbocycles. The van der Waals surface area contributed by atoms with Crippen molar-refractivity contribution in [2.24, 2.45) is 0 Å². The zero-order valence-electron chi connectivity index (χ0n) is 10.7. The second kappa shape index (κ2) is 5.24. The van der Waals surface area contributed by atoms with E-state index in [1.807, 2.05) is 40.4 Å². The predicted molar refractivity (Wildman–Crippen MR) is 70.8 cm³/mol. The molecule has 91 valence electrons. The molecule has 0 bridgehead atoms. The molecule has 0 aromatic carbocycles. The zero-order valence-corrected chi connectivity index (χ0v) is 13.7. The molecule has 0 heterocycles. The molecule has 6 heteroatoms. The van der Waals surface area contributed by atoms with Crippen molar-refractivity contribution in [3.63, 3.8) is 0 Å². The van der Waals surface area contributed by atoms with Gasteiger partial charge in [0.1, 0.15) is 0 Å². The molecule has 0 rings (SSSR count). The summed E-state index contributed by atoms with van der Waals surface area (Å²) in [6, 6.07) is 0.765. The molecule has 0 aliphatic rings. The Morgan fingerprint density at radius 3 is 1.87 bits per heavy atom. The van der Waals surface area contributed by atoms with E-state index in [1.165, 1.54) is 0 Å². The number of hydrogen-bond acceptors (Lipinski definition) is 3. The van der Waals surface area contributed by atoms with Gasteiger partial charge in [0.15, 0.2) is 16.6 Å². The Hall–Kier alpha value is 0.531. The van der Waals surface area contributed by atoms with E-state index in [0.717, 1.165) is 6.04 Å². The van der Waals surface area contributed by atoms with E-state index in [1.54, 1.807) is 0 Å². The average molecular weight is 266 g/mol. The summed E-state index contributed by atoms with van der Waals surface area (Å²) in [5.41, 5.74) is 0. The van der Waals surface area contributed by atoms with Gasteiger partial charge < -0.3 is 14.4 Å². The second-order valence-corrected chi connectivity index (χ2v) is 16.8. The molecule has 0 aliphatic carbocycles. The van der Waals surface area contributed by atoms with Crippen molar-refractivity contribution in [1.82, 2.24) is 0 Å². The topological polar surface area (TPSA) is 60.7 Å². The third kappa shape index (κ3) is 3.50. The van der Waals surface area contributed by atoms with Crippen LogP contribution in [0, 0.1) is 0 Å². The van der Waals surface area contributed by atoms with Gasteiger partial charge in [-0.1, -0.05) is 20.8 Å². The third-order valence-electron chi connectivity index (χ3n) is 4.03. The van der Waals surface area contributed by atoms with E-state index in [4.69, 9.17) is 0 Å². The first-order valence-corrected chi connectivity index (χ1v) is 12.9. The van der Waals surface area contributed by atoms with Crippen molar-refractivity contribution in [1.29, 1.82) is 0 Å². The summed E-state index contributed by atoms with van der Waals surface area (Å²) >= 11 is 0. The smallest absolute Gasteiger partial charge is 0.206 e. The van der Waals surface area contributed by atoms with Crippen molar-refractivity contribution in [2.45, 2.75) is 56.8 Å². The van der Waals surface area contributed by atoms with Gasteiger partial charge in [0.2, 0.25) is 9.04 Å². The Morgan fingerprint density at radius 2 is 1.60 bits per heavy atom. The molecular formula is C9H25O3Si3. The molecule has 15 heavy (non-hydrogen) atoms. The van der Waals surface area contributed by atoms with E-state index < -0.39 is 25.7 Å². The number of rotatable bonds is 5. The fourth-order valence-electron chi connectivity index (χ4n) is 1.73. The Labute approximate surface area is 97.2 Å². The summed E-state index contributed by atoms with van der Waals surface area (Å²) in [6.07, 6.45) is 0. The van der Waals surface area contributed by atoms with Crippen molar-refractivity contribution in [3.8, 4) is 0 Å². The third-order valence-corrected chi connectivity index (χ3v) is 18.7. The Balaban J connectivity index is 4.87. The highest BCUT2D eigenvalue weighted by atomic mass is 28.4. The van der Waals surface area contributed by atoms with Crippen LogP contribution in [0.1, 0.15) is 20.8 Å². The number of hydrogen-bond donors (Lipinski definition) is 3. The molecule has 4 atom stereocenters. The molecule has 3 nitrogen and oxygen atoms in total. The van der Waals surface area contributed by atoms with Crippen LogP contribution in [-0.4, -0.2) is 40.1 Å². The fraction of sp³-hybridized carbons (Fsp3) is 1.00. The van der Waals surface area contributed by atoms with E-state index in [0.29, 0.717) is 0 Å². The largest absolute Gasteiger partial charge is 0.432 e. The lowest BCUT2D eigenvalue weighted by atomic mass is 10.9. The van der Waals surface area contributed by atoms with Gasteiger partial charge in [0.05, 0.1) is 0 Å². The summed E-state index contributed by atoms with van der Waals surface area (Å²) in [5, 5.41) is 0.0140. The summed E-state index contributed by atoms with van der Waals surface area (Å²) < 4.78 is 0. The first-order valence-electron chi connectivity index (χ1n) is 5.54. The van der Waals surface area contributed by atoms with E-state index in [9.17, 15) is 14.4 Å². The maximum Gasteiger partial charge on any atom is 0.206 e. The van der Waals surface area contributed by atoms with Gasteiger partial charge in [0, 0.05) is 0 Å². The Kier molecular flexibility index (Phi) is 5.43. The standard InChI is InChI=1S/C9H25O3Si3/c1-7-14(5,11)9(3)15(6,12)8(2)13(4)10/h8-12H,7H2,1-6H3. The van der Waals surface area contributed by atoms with Crippen molar-refractivity contribution in [3.05, 3.63) is 0 Å².